The van der Waals surface area contributed by atoms with Crippen LogP contribution in [0.25, 0.3) is 0 Å². The van der Waals surface area contributed by atoms with Gasteiger partial charge in [-0.2, -0.15) is 0 Å². The zero-order valence-corrected chi connectivity index (χ0v) is 13.4. The molecular formula is C13H12BrCl2NS. The van der Waals surface area contributed by atoms with Gasteiger partial charge < -0.3 is 5.73 Å². The van der Waals surface area contributed by atoms with Crippen LogP contribution in [0.4, 0.5) is 0 Å². The molecule has 0 aliphatic heterocycles. The van der Waals surface area contributed by atoms with Gasteiger partial charge in [-0.15, -0.1) is 11.3 Å². The van der Waals surface area contributed by atoms with Crippen LogP contribution < -0.4 is 5.73 Å². The molecule has 1 atom stereocenters. The van der Waals surface area contributed by atoms with Gasteiger partial charge in [-0.25, -0.2) is 0 Å². The van der Waals surface area contributed by atoms with Gasteiger partial charge in [0.25, 0.3) is 0 Å². The third-order valence-corrected chi connectivity index (χ3v) is 4.89. The normalized spacial score (nSPS) is 12.7. The number of thiophene rings is 1. The molecule has 2 rings (SSSR count). The highest BCUT2D eigenvalue weighted by molar-refractivity contribution is 9.10. The number of benzene rings is 1. The molecule has 1 aromatic heterocycles. The first-order chi connectivity index (χ1) is 8.54. The summed E-state index contributed by atoms with van der Waals surface area (Å²) in [4.78, 5) is 1.28. The molecule has 1 aromatic carbocycles. The summed E-state index contributed by atoms with van der Waals surface area (Å²) in [5, 5.41) is 3.40. The third kappa shape index (κ3) is 3.97. The molecule has 18 heavy (non-hydrogen) atoms. The fraction of sp³-hybridized carbons (Fsp3) is 0.231. The molecular weight excluding hydrogens is 353 g/mol. The third-order valence-electron chi connectivity index (χ3n) is 2.58. The van der Waals surface area contributed by atoms with Crippen LogP contribution in [0.1, 0.15) is 10.4 Å². The predicted octanol–water partition coefficient (Wildman–Crippen LogP) is 4.93. The molecule has 0 aliphatic carbocycles. The lowest BCUT2D eigenvalue weighted by molar-refractivity contribution is 0.671. The van der Waals surface area contributed by atoms with Crippen molar-refractivity contribution in [3.63, 3.8) is 0 Å². The van der Waals surface area contributed by atoms with Gasteiger partial charge in [0.1, 0.15) is 0 Å². The molecule has 0 spiro atoms. The van der Waals surface area contributed by atoms with Crippen LogP contribution in [0, 0.1) is 0 Å². The van der Waals surface area contributed by atoms with Gasteiger partial charge in [-0.3, -0.25) is 0 Å². The fourth-order valence-electron chi connectivity index (χ4n) is 1.76. The van der Waals surface area contributed by atoms with Gasteiger partial charge in [0.05, 0.1) is 0 Å². The lowest BCUT2D eigenvalue weighted by atomic mass is 10.0. The molecule has 1 nitrogen and oxygen atoms in total. The predicted molar refractivity (Wildman–Crippen MR) is 83.9 cm³/mol. The van der Waals surface area contributed by atoms with Crippen molar-refractivity contribution in [3.05, 3.63) is 54.6 Å². The second kappa shape index (κ2) is 6.40. The molecule has 1 unspecified atom stereocenters. The van der Waals surface area contributed by atoms with E-state index in [9.17, 15) is 0 Å². The standard InChI is InChI=1S/C13H12BrCl2NS/c14-9-4-12(18-7-9)6-11(17)3-8-1-2-10(15)5-13(8)16/h1-2,4-5,7,11H,3,6,17H2. The van der Waals surface area contributed by atoms with Crippen molar-refractivity contribution in [2.45, 2.75) is 18.9 Å². The molecule has 0 saturated heterocycles. The highest BCUT2D eigenvalue weighted by Gasteiger charge is 2.10. The Morgan fingerprint density at radius 3 is 2.61 bits per heavy atom. The molecule has 0 fully saturated rings. The number of nitrogens with two attached hydrogens (primary N) is 1. The Bertz CT molecular complexity index is 542. The molecule has 2 N–H and O–H groups in total. The Kier molecular flexibility index (Phi) is 5.10. The maximum absolute atomic E-state index is 6.15. The topological polar surface area (TPSA) is 26.0 Å². The Balaban J connectivity index is 2.00. The number of hydrogen-bond acceptors (Lipinski definition) is 2. The average molecular weight is 365 g/mol. The van der Waals surface area contributed by atoms with Crippen LogP contribution in [-0.2, 0) is 12.8 Å². The van der Waals surface area contributed by atoms with Crippen molar-refractivity contribution in [3.8, 4) is 0 Å². The van der Waals surface area contributed by atoms with E-state index in [0.717, 1.165) is 22.9 Å². The van der Waals surface area contributed by atoms with Gasteiger partial charge >= 0.3 is 0 Å². The molecule has 0 radical (unpaired) electrons. The first kappa shape index (κ1) is 14.4. The molecule has 96 valence electrons. The molecule has 0 aliphatic rings. The van der Waals surface area contributed by atoms with Crippen LogP contribution in [0.5, 0.6) is 0 Å². The Labute approximate surface area is 129 Å². The molecule has 5 heteroatoms. The smallest absolute Gasteiger partial charge is 0.0453 e. The van der Waals surface area contributed by atoms with E-state index in [1.807, 2.05) is 12.1 Å². The summed E-state index contributed by atoms with van der Waals surface area (Å²) < 4.78 is 1.11. The Morgan fingerprint density at radius 2 is 2.00 bits per heavy atom. The van der Waals surface area contributed by atoms with Crippen molar-refractivity contribution in [1.29, 1.82) is 0 Å². The van der Waals surface area contributed by atoms with Crippen molar-refractivity contribution >= 4 is 50.5 Å². The minimum Gasteiger partial charge on any atom is -0.327 e. The SMILES string of the molecule is NC(Cc1cc(Br)cs1)Cc1ccc(Cl)cc1Cl. The highest BCUT2D eigenvalue weighted by Crippen LogP contribution is 2.24. The van der Waals surface area contributed by atoms with E-state index in [1.54, 1.807) is 17.4 Å². The fourth-order valence-corrected chi connectivity index (χ4v) is 3.79. The molecule has 1 heterocycles. The first-order valence-electron chi connectivity index (χ1n) is 5.47. The van der Waals surface area contributed by atoms with Gasteiger partial charge in [-0.05, 0) is 52.5 Å². The second-order valence-corrected chi connectivity index (χ2v) is 6.89. The summed E-state index contributed by atoms with van der Waals surface area (Å²) >= 11 is 17.2. The van der Waals surface area contributed by atoms with Crippen molar-refractivity contribution in [2.24, 2.45) is 5.73 Å². The monoisotopic (exact) mass is 363 g/mol. The van der Waals surface area contributed by atoms with Crippen LogP contribution in [-0.4, -0.2) is 6.04 Å². The van der Waals surface area contributed by atoms with E-state index in [2.05, 4.69) is 27.4 Å². The van der Waals surface area contributed by atoms with Crippen molar-refractivity contribution in [1.82, 2.24) is 0 Å². The number of hydrogen-bond donors (Lipinski definition) is 1. The van der Waals surface area contributed by atoms with Crippen LogP contribution in [0.15, 0.2) is 34.1 Å². The largest absolute Gasteiger partial charge is 0.327 e. The van der Waals surface area contributed by atoms with E-state index in [4.69, 9.17) is 28.9 Å². The lowest BCUT2D eigenvalue weighted by Crippen LogP contribution is -2.25. The van der Waals surface area contributed by atoms with E-state index < -0.39 is 0 Å². The maximum Gasteiger partial charge on any atom is 0.0453 e. The van der Waals surface area contributed by atoms with E-state index in [1.165, 1.54) is 4.88 Å². The summed E-state index contributed by atoms with van der Waals surface area (Å²) in [5.74, 6) is 0. The summed E-state index contributed by atoms with van der Waals surface area (Å²) in [7, 11) is 0. The van der Waals surface area contributed by atoms with Gasteiger partial charge in [0.2, 0.25) is 0 Å². The summed E-state index contributed by atoms with van der Waals surface area (Å²) in [6, 6.07) is 7.71. The molecule has 0 bridgehead atoms. The van der Waals surface area contributed by atoms with Crippen LogP contribution >= 0.6 is 50.5 Å². The van der Waals surface area contributed by atoms with Crippen LogP contribution in [0.3, 0.4) is 0 Å². The Hall–Kier alpha value is -0.0600. The zero-order valence-electron chi connectivity index (χ0n) is 9.50. The van der Waals surface area contributed by atoms with E-state index >= 15 is 0 Å². The second-order valence-electron chi connectivity index (χ2n) is 4.14. The first-order valence-corrected chi connectivity index (χ1v) is 7.90. The van der Waals surface area contributed by atoms with E-state index in [0.29, 0.717) is 10.0 Å². The molecule has 2 aromatic rings. The minimum atomic E-state index is 0.0641. The van der Waals surface area contributed by atoms with E-state index in [-0.39, 0.29) is 6.04 Å². The minimum absolute atomic E-state index is 0.0641. The summed E-state index contributed by atoms with van der Waals surface area (Å²) in [5.41, 5.74) is 7.20. The summed E-state index contributed by atoms with van der Waals surface area (Å²) in [6.07, 6.45) is 1.61. The highest BCUT2D eigenvalue weighted by atomic mass is 79.9. The van der Waals surface area contributed by atoms with Crippen molar-refractivity contribution in [2.75, 3.05) is 0 Å². The van der Waals surface area contributed by atoms with Crippen LogP contribution in [0.2, 0.25) is 10.0 Å². The molecule has 0 saturated carbocycles. The quantitative estimate of drug-likeness (QED) is 0.817. The number of rotatable bonds is 4. The summed E-state index contributed by atoms with van der Waals surface area (Å²) in [6.45, 7) is 0. The van der Waals surface area contributed by atoms with Crippen molar-refractivity contribution < 1.29 is 0 Å². The molecule has 0 amide bonds. The lowest BCUT2D eigenvalue weighted by Gasteiger charge is -2.12. The zero-order chi connectivity index (χ0) is 13.1. The van der Waals surface area contributed by atoms with Gasteiger partial charge in [0, 0.05) is 30.8 Å². The average Bonchev–Trinajstić information content (AvgIpc) is 2.68. The van der Waals surface area contributed by atoms with Gasteiger partial charge in [-0.1, -0.05) is 29.3 Å². The number of halogens is 3. The Morgan fingerprint density at radius 1 is 1.22 bits per heavy atom. The maximum atomic E-state index is 6.15. The van der Waals surface area contributed by atoms with Gasteiger partial charge in [0.15, 0.2) is 0 Å².